The average Bonchev–Trinajstić information content (AvgIpc) is 2.57. The molecule has 0 aliphatic heterocycles. The van der Waals surface area contributed by atoms with Crippen LogP contribution in [-0.2, 0) is 19.1 Å². The van der Waals surface area contributed by atoms with Gasteiger partial charge in [-0.3, -0.25) is 0 Å². The molecule has 2 atom stereocenters. The molecule has 0 heterocycles. The second-order valence-corrected chi connectivity index (χ2v) is 7.92. The molecule has 3 aliphatic rings. The molecule has 0 aromatic heterocycles. The Labute approximate surface area is 145 Å². The van der Waals surface area contributed by atoms with Crippen molar-refractivity contribution in [3.05, 3.63) is 25.3 Å². The fourth-order valence-corrected chi connectivity index (χ4v) is 4.98. The molecule has 0 amide bonds. The predicted octanol–water partition coefficient (Wildman–Crippen LogP) is 3.91. The van der Waals surface area contributed by atoms with Crippen molar-refractivity contribution in [2.45, 2.75) is 46.5 Å². The van der Waals surface area contributed by atoms with Crippen molar-refractivity contribution in [1.29, 1.82) is 0 Å². The van der Waals surface area contributed by atoms with Crippen LogP contribution in [0.3, 0.4) is 0 Å². The maximum Gasteiger partial charge on any atom is 0.330 e. The van der Waals surface area contributed by atoms with Gasteiger partial charge in [0, 0.05) is 24.0 Å². The van der Waals surface area contributed by atoms with Crippen molar-refractivity contribution < 1.29 is 19.1 Å². The molecule has 3 aliphatic carbocycles. The van der Waals surface area contributed by atoms with Crippen LogP contribution < -0.4 is 0 Å². The molecule has 2 bridgehead atoms. The van der Waals surface area contributed by atoms with Crippen LogP contribution in [0, 0.1) is 28.6 Å². The molecule has 0 spiro atoms. The summed E-state index contributed by atoms with van der Waals surface area (Å²) in [5.74, 6) is 0.116. The summed E-state index contributed by atoms with van der Waals surface area (Å²) >= 11 is 0. The standard InChI is InChI=1S/C20H30O4/c1-6-17(21)23-12-15-16(13-24-18(22)7-2)20(14(3)4)10-8-19(15,5)9-11-20/h6-7,14-16H,1-2,8-13H2,3-5H3. The van der Waals surface area contributed by atoms with E-state index < -0.39 is 0 Å². The zero-order chi connectivity index (χ0) is 18.0. The fourth-order valence-electron chi connectivity index (χ4n) is 4.98. The van der Waals surface area contributed by atoms with Gasteiger partial charge in [0.15, 0.2) is 0 Å². The van der Waals surface area contributed by atoms with Gasteiger partial charge in [0.1, 0.15) is 0 Å². The Morgan fingerprint density at radius 2 is 1.46 bits per heavy atom. The van der Waals surface area contributed by atoms with Crippen molar-refractivity contribution in [2.75, 3.05) is 13.2 Å². The summed E-state index contributed by atoms with van der Waals surface area (Å²) in [6.07, 6.45) is 6.96. The fraction of sp³-hybridized carbons (Fsp3) is 0.700. The molecule has 0 N–H and O–H groups in total. The average molecular weight is 334 g/mol. The Morgan fingerprint density at radius 3 is 1.88 bits per heavy atom. The molecule has 0 aromatic carbocycles. The second-order valence-electron chi connectivity index (χ2n) is 7.92. The van der Waals surface area contributed by atoms with Crippen LogP contribution in [0.5, 0.6) is 0 Å². The van der Waals surface area contributed by atoms with E-state index in [0.29, 0.717) is 19.1 Å². The minimum absolute atomic E-state index is 0.128. The van der Waals surface area contributed by atoms with Gasteiger partial charge in [0.05, 0.1) is 13.2 Å². The van der Waals surface area contributed by atoms with Gasteiger partial charge in [-0.25, -0.2) is 9.59 Å². The molecule has 0 saturated heterocycles. The van der Waals surface area contributed by atoms with Gasteiger partial charge in [0.2, 0.25) is 0 Å². The first-order chi connectivity index (χ1) is 11.3. The van der Waals surface area contributed by atoms with Crippen LogP contribution in [0.2, 0.25) is 0 Å². The number of esters is 2. The molecule has 3 saturated carbocycles. The number of carbonyl (C=O) groups excluding carboxylic acids is 2. The molecule has 0 aromatic rings. The lowest BCUT2D eigenvalue weighted by molar-refractivity contribution is -0.182. The van der Waals surface area contributed by atoms with Gasteiger partial charge in [-0.05, 0) is 42.4 Å². The smallest absolute Gasteiger partial charge is 0.330 e. The number of ether oxygens (including phenoxy) is 2. The zero-order valence-electron chi connectivity index (χ0n) is 15.2. The van der Waals surface area contributed by atoms with Crippen molar-refractivity contribution >= 4 is 11.9 Å². The summed E-state index contributed by atoms with van der Waals surface area (Å²) in [5.41, 5.74) is 0.272. The number of rotatable bonds is 7. The van der Waals surface area contributed by atoms with Gasteiger partial charge >= 0.3 is 11.9 Å². The molecule has 3 fully saturated rings. The largest absolute Gasteiger partial charge is 0.462 e. The summed E-state index contributed by atoms with van der Waals surface area (Å²) in [6.45, 7) is 14.5. The molecule has 24 heavy (non-hydrogen) atoms. The Morgan fingerprint density at radius 1 is 1.00 bits per heavy atom. The Kier molecular flexibility index (Phi) is 5.56. The quantitative estimate of drug-likeness (QED) is 0.523. The second kappa shape index (κ2) is 7.12. The van der Waals surface area contributed by atoms with E-state index in [1.54, 1.807) is 0 Å². The van der Waals surface area contributed by atoms with Crippen LogP contribution >= 0.6 is 0 Å². The SMILES string of the molecule is C=CC(=O)OCC1C(COC(=O)C=C)C2(C(C)C)CCC1(C)CC2. The van der Waals surface area contributed by atoms with Crippen LogP contribution in [0.15, 0.2) is 25.3 Å². The molecule has 134 valence electrons. The minimum Gasteiger partial charge on any atom is -0.462 e. The highest BCUT2D eigenvalue weighted by atomic mass is 16.5. The van der Waals surface area contributed by atoms with Crippen molar-refractivity contribution in [3.63, 3.8) is 0 Å². The van der Waals surface area contributed by atoms with Gasteiger partial charge in [-0.15, -0.1) is 0 Å². The third kappa shape index (κ3) is 3.28. The Hall–Kier alpha value is -1.58. The summed E-state index contributed by atoms with van der Waals surface area (Å²) in [7, 11) is 0. The van der Waals surface area contributed by atoms with E-state index >= 15 is 0 Å². The Bertz CT molecular complexity index is 512. The maximum atomic E-state index is 11.6. The highest BCUT2D eigenvalue weighted by molar-refractivity contribution is 5.81. The summed E-state index contributed by atoms with van der Waals surface area (Å²) in [4.78, 5) is 23.2. The lowest BCUT2D eigenvalue weighted by atomic mass is 9.43. The molecule has 4 heteroatoms. The number of hydrogen-bond acceptors (Lipinski definition) is 4. The lowest BCUT2D eigenvalue weighted by Gasteiger charge is -2.62. The van der Waals surface area contributed by atoms with Crippen LogP contribution in [0.1, 0.15) is 46.5 Å². The molecular formula is C20H30O4. The monoisotopic (exact) mass is 334 g/mol. The molecule has 3 rings (SSSR count). The molecule has 4 nitrogen and oxygen atoms in total. The lowest BCUT2D eigenvalue weighted by Crippen LogP contribution is -2.58. The molecule has 0 radical (unpaired) electrons. The van der Waals surface area contributed by atoms with E-state index in [4.69, 9.17) is 9.47 Å². The number of carbonyl (C=O) groups is 2. The topological polar surface area (TPSA) is 52.6 Å². The summed E-state index contributed by atoms with van der Waals surface area (Å²) < 4.78 is 10.9. The van der Waals surface area contributed by atoms with Crippen molar-refractivity contribution in [2.24, 2.45) is 28.6 Å². The first kappa shape index (κ1) is 18.8. The normalized spacial score (nSPS) is 34.7. The first-order valence-corrected chi connectivity index (χ1v) is 8.87. The Balaban J connectivity index is 2.27. The first-order valence-electron chi connectivity index (χ1n) is 8.87. The van der Waals surface area contributed by atoms with E-state index in [1.165, 1.54) is 12.2 Å². The number of hydrogen-bond donors (Lipinski definition) is 0. The van der Waals surface area contributed by atoms with E-state index in [1.807, 2.05) is 0 Å². The van der Waals surface area contributed by atoms with Gasteiger partial charge in [0.25, 0.3) is 0 Å². The van der Waals surface area contributed by atoms with Crippen LogP contribution in [-0.4, -0.2) is 25.2 Å². The van der Waals surface area contributed by atoms with Gasteiger partial charge in [-0.1, -0.05) is 33.9 Å². The van der Waals surface area contributed by atoms with Crippen molar-refractivity contribution in [3.8, 4) is 0 Å². The zero-order valence-corrected chi connectivity index (χ0v) is 15.2. The number of fused-ring (bicyclic) bond motifs is 3. The third-order valence-electron chi connectivity index (χ3n) is 6.74. The van der Waals surface area contributed by atoms with E-state index in [0.717, 1.165) is 25.7 Å². The summed E-state index contributed by atoms with van der Waals surface area (Å²) in [6, 6.07) is 0. The summed E-state index contributed by atoms with van der Waals surface area (Å²) in [5, 5.41) is 0. The van der Waals surface area contributed by atoms with E-state index in [2.05, 4.69) is 33.9 Å². The van der Waals surface area contributed by atoms with Gasteiger partial charge < -0.3 is 9.47 Å². The van der Waals surface area contributed by atoms with E-state index in [9.17, 15) is 9.59 Å². The van der Waals surface area contributed by atoms with Crippen LogP contribution in [0.25, 0.3) is 0 Å². The molecular weight excluding hydrogens is 304 g/mol. The predicted molar refractivity (Wildman–Crippen MR) is 93.1 cm³/mol. The minimum atomic E-state index is -0.388. The highest BCUT2D eigenvalue weighted by Crippen LogP contribution is 2.65. The maximum absolute atomic E-state index is 11.6. The van der Waals surface area contributed by atoms with E-state index in [-0.39, 0.29) is 34.6 Å². The third-order valence-corrected chi connectivity index (χ3v) is 6.74. The van der Waals surface area contributed by atoms with Gasteiger partial charge in [-0.2, -0.15) is 0 Å². The van der Waals surface area contributed by atoms with Crippen LogP contribution in [0.4, 0.5) is 0 Å². The highest BCUT2D eigenvalue weighted by Gasteiger charge is 2.59. The van der Waals surface area contributed by atoms with Crippen molar-refractivity contribution in [1.82, 2.24) is 0 Å². The molecule has 2 unspecified atom stereocenters.